The van der Waals surface area contributed by atoms with Gasteiger partial charge < -0.3 is 15.2 Å². The fourth-order valence-electron chi connectivity index (χ4n) is 0. The summed E-state index contributed by atoms with van der Waals surface area (Å²) < 4.78 is 0. The maximum absolute atomic E-state index is 9.16. The standard InChI is InChI=1S/C2H4O2.CH3N3O2/c1-2(3)4;2-1(3)4(5)6/h1H3,(H,3,4);(H3,2,3). The van der Waals surface area contributed by atoms with E-state index in [0.29, 0.717) is 0 Å². The number of hydrogen-bond donors (Lipinski definition) is 3. The molecule has 0 unspecified atom stereocenters. The molecule has 0 aliphatic heterocycles. The third kappa shape index (κ3) is 33.0. The molecule has 0 aromatic rings. The summed E-state index contributed by atoms with van der Waals surface area (Å²) in [7, 11) is 0. The molecule has 10 heavy (non-hydrogen) atoms. The Kier molecular flexibility index (Phi) is 6.12. The summed E-state index contributed by atoms with van der Waals surface area (Å²) in [6, 6.07) is 0. The quantitative estimate of drug-likeness (QED) is 0.180. The molecule has 0 rings (SSSR count). The molecule has 0 atom stereocenters. The molecule has 0 aliphatic rings. The Balaban J connectivity index is 0. The second-order valence-electron chi connectivity index (χ2n) is 1.16. The Hall–Kier alpha value is -1.66. The van der Waals surface area contributed by atoms with Crippen molar-refractivity contribution in [1.29, 1.82) is 5.41 Å². The zero-order valence-corrected chi connectivity index (χ0v) is 5.20. The highest BCUT2D eigenvalue weighted by atomic mass is 16.6. The van der Waals surface area contributed by atoms with Crippen molar-refractivity contribution in [2.24, 2.45) is 5.73 Å². The number of aliphatic carboxylic acids is 1. The molecule has 0 aromatic carbocycles. The van der Waals surface area contributed by atoms with Crippen LogP contribution in [0.1, 0.15) is 6.92 Å². The Labute approximate surface area is 56.1 Å². The normalized spacial score (nSPS) is 6.90. The van der Waals surface area contributed by atoms with Crippen LogP contribution in [0, 0.1) is 15.5 Å². The van der Waals surface area contributed by atoms with Gasteiger partial charge in [-0.1, -0.05) is 0 Å². The number of hydrogen-bond acceptors (Lipinski definition) is 4. The molecule has 0 aromatic heterocycles. The monoisotopic (exact) mass is 149 g/mol. The lowest BCUT2D eigenvalue weighted by Crippen LogP contribution is -2.19. The first kappa shape index (κ1) is 11.2. The second kappa shape index (κ2) is 5.48. The zero-order chi connectivity index (χ0) is 8.73. The van der Waals surface area contributed by atoms with E-state index in [1.165, 1.54) is 0 Å². The number of rotatable bonds is 0. The number of carboxylic acids is 1. The summed E-state index contributed by atoms with van der Waals surface area (Å²) in [5, 5.41) is 22.6. The molecular weight excluding hydrogens is 142 g/mol. The van der Waals surface area contributed by atoms with E-state index in [9.17, 15) is 0 Å². The molecule has 0 heterocycles. The summed E-state index contributed by atoms with van der Waals surface area (Å²) in [5.74, 6) is -1.85. The zero-order valence-electron chi connectivity index (χ0n) is 5.20. The fourth-order valence-corrected chi connectivity index (χ4v) is 0. The molecule has 0 saturated carbocycles. The maximum Gasteiger partial charge on any atom is 0.417 e. The van der Waals surface area contributed by atoms with Gasteiger partial charge in [-0.25, -0.2) is 0 Å². The number of carbonyl (C=O) groups is 1. The average Bonchev–Trinajstić information content (AvgIpc) is 1.63. The Morgan fingerprint density at radius 3 is 1.90 bits per heavy atom. The van der Waals surface area contributed by atoms with E-state index in [0.717, 1.165) is 6.92 Å². The Morgan fingerprint density at radius 1 is 1.80 bits per heavy atom. The first-order chi connectivity index (χ1) is 4.37. The van der Waals surface area contributed by atoms with E-state index in [2.05, 4.69) is 5.73 Å². The van der Waals surface area contributed by atoms with E-state index in [1.807, 2.05) is 0 Å². The molecular formula is C3H7N3O4. The van der Waals surface area contributed by atoms with Crippen LogP contribution in [-0.2, 0) is 4.79 Å². The molecule has 7 nitrogen and oxygen atoms in total. The highest BCUT2D eigenvalue weighted by molar-refractivity contribution is 5.64. The van der Waals surface area contributed by atoms with Crippen LogP contribution >= 0.6 is 0 Å². The van der Waals surface area contributed by atoms with Crippen molar-refractivity contribution in [2.75, 3.05) is 0 Å². The molecule has 0 spiro atoms. The molecule has 0 fully saturated rings. The minimum Gasteiger partial charge on any atom is -0.481 e. The highest BCUT2D eigenvalue weighted by Crippen LogP contribution is 1.56. The third-order valence-corrected chi connectivity index (χ3v) is 0.197. The van der Waals surface area contributed by atoms with Gasteiger partial charge in [-0.3, -0.25) is 10.5 Å². The van der Waals surface area contributed by atoms with Crippen molar-refractivity contribution >= 4 is 11.9 Å². The number of carboxylic acid groups (broad SMARTS) is 1. The van der Waals surface area contributed by atoms with Crippen LogP contribution in [-0.4, -0.2) is 22.0 Å². The highest BCUT2D eigenvalue weighted by Gasteiger charge is 1.90. The van der Waals surface area contributed by atoms with Crippen molar-refractivity contribution in [3.8, 4) is 0 Å². The van der Waals surface area contributed by atoms with Gasteiger partial charge in [-0.2, -0.15) is 0 Å². The van der Waals surface area contributed by atoms with Gasteiger partial charge in [-0.05, 0) is 4.92 Å². The number of nitrogens with one attached hydrogen (secondary N) is 1. The summed E-state index contributed by atoms with van der Waals surface area (Å²) in [6.07, 6.45) is 0. The molecule has 0 bridgehead atoms. The van der Waals surface area contributed by atoms with E-state index in [-0.39, 0.29) is 0 Å². The summed E-state index contributed by atoms with van der Waals surface area (Å²) >= 11 is 0. The first-order valence-corrected chi connectivity index (χ1v) is 2.06. The Morgan fingerprint density at radius 2 is 1.90 bits per heavy atom. The molecule has 58 valence electrons. The minimum atomic E-state index is -1.02. The average molecular weight is 149 g/mol. The smallest absolute Gasteiger partial charge is 0.417 e. The molecule has 0 saturated heterocycles. The molecule has 0 amide bonds. The van der Waals surface area contributed by atoms with E-state index in [1.54, 1.807) is 0 Å². The van der Waals surface area contributed by atoms with Crippen molar-refractivity contribution in [2.45, 2.75) is 6.92 Å². The van der Waals surface area contributed by atoms with Gasteiger partial charge in [0, 0.05) is 6.92 Å². The largest absolute Gasteiger partial charge is 0.481 e. The number of guanidine groups is 1. The van der Waals surface area contributed by atoms with E-state index >= 15 is 0 Å². The van der Waals surface area contributed by atoms with Crippen molar-refractivity contribution in [1.82, 2.24) is 0 Å². The van der Waals surface area contributed by atoms with Crippen molar-refractivity contribution < 1.29 is 14.8 Å². The van der Waals surface area contributed by atoms with Gasteiger partial charge in [0.15, 0.2) is 0 Å². The third-order valence-electron chi connectivity index (χ3n) is 0.197. The van der Waals surface area contributed by atoms with E-state index in [4.69, 9.17) is 25.4 Å². The van der Waals surface area contributed by atoms with Gasteiger partial charge in [0.1, 0.15) is 0 Å². The van der Waals surface area contributed by atoms with E-state index < -0.39 is 16.9 Å². The first-order valence-electron chi connectivity index (χ1n) is 2.06. The lowest BCUT2D eigenvalue weighted by Gasteiger charge is -1.84. The van der Waals surface area contributed by atoms with Crippen LogP contribution in [0.5, 0.6) is 0 Å². The number of nitro groups is 1. The summed E-state index contributed by atoms with van der Waals surface area (Å²) in [5.41, 5.74) is 4.32. The van der Waals surface area contributed by atoms with Crippen LogP contribution in [0.25, 0.3) is 0 Å². The van der Waals surface area contributed by atoms with Crippen LogP contribution in [0.15, 0.2) is 0 Å². The van der Waals surface area contributed by atoms with Gasteiger partial charge in [-0.15, -0.1) is 5.41 Å². The fraction of sp³-hybridized carbons (Fsp3) is 0.333. The number of nitrogens with two attached hydrogens (primary N) is 1. The topological polar surface area (TPSA) is 130 Å². The second-order valence-corrected chi connectivity index (χ2v) is 1.16. The van der Waals surface area contributed by atoms with Crippen molar-refractivity contribution in [3.05, 3.63) is 10.1 Å². The van der Waals surface area contributed by atoms with Crippen LogP contribution in [0.3, 0.4) is 0 Å². The SMILES string of the molecule is CC(=O)O.N=C(N)[N+](=O)[O-]. The number of nitrogens with zero attached hydrogens (tertiary/aromatic N) is 1. The van der Waals surface area contributed by atoms with Crippen LogP contribution in [0.4, 0.5) is 0 Å². The molecule has 0 radical (unpaired) electrons. The Bertz CT molecular complexity index is 138. The maximum atomic E-state index is 9.16. The van der Waals surface area contributed by atoms with Gasteiger partial charge in [0.25, 0.3) is 5.97 Å². The molecule has 4 N–H and O–H groups in total. The lowest BCUT2D eigenvalue weighted by atomic mass is 10.9. The molecule has 7 heteroatoms. The van der Waals surface area contributed by atoms with Crippen LogP contribution in [0.2, 0.25) is 0 Å². The van der Waals surface area contributed by atoms with Gasteiger partial charge in [0.2, 0.25) is 0 Å². The summed E-state index contributed by atoms with van der Waals surface area (Å²) in [6.45, 7) is 1.08. The lowest BCUT2D eigenvalue weighted by molar-refractivity contribution is -0.353. The predicted octanol–water partition coefficient (Wildman–Crippen LogP) is -0.753. The van der Waals surface area contributed by atoms with Crippen molar-refractivity contribution in [3.63, 3.8) is 0 Å². The predicted molar refractivity (Wildman–Crippen MR) is 32.2 cm³/mol. The molecule has 0 aliphatic carbocycles. The summed E-state index contributed by atoms with van der Waals surface area (Å²) in [4.78, 5) is 17.2. The minimum absolute atomic E-state index is 0.833. The van der Waals surface area contributed by atoms with Gasteiger partial charge >= 0.3 is 5.96 Å². The van der Waals surface area contributed by atoms with Crippen LogP contribution < -0.4 is 5.73 Å². The van der Waals surface area contributed by atoms with Gasteiger partial charge in [0.05, 0.1) is 0 Å².